The van der Waals surface area contributed by atoms with Crippen molar-refractivity contribution in [2.24, 2.45) is 0 Å². The Balaban J connectivity index is 2.44. The highest BCUT2D eigenvalue weighted by Gasteiger charge is 2.19. The zero-order chi connectivity index (χ0) is 16.4. The molecule has 0 aliphatic heterocycles. The van der Waals surface area contributed by atoms with E-state index >= 15 is 0 Å². The zero-order valence-electron chi connectivity index (χ0n) is 12.7. The highest BCUT2D eigenvalue weighted by Crippen LogP contribution is 2.25. The van der Waals surface area contributed by atoms with E-state index < -0.39 is 17.6 Å². The van der Waals surface area contributed by atoms with Crippen LogP contribution in [0.4, 0.5) is 8.78 Å². The molecular weight excluding hydrogens is 290 g/mol. The number of carboxylic acids is 1. The number of nitrogens with zero attached hydrogens (tertiary/aromatic N) is 2. The van der Waals surface area contributed by atoms with Crippen molar-refractivity contribution in [1.82, 2.24) is 9.78 Å². The summed E-state index contributed by atoms with van der Waals surface area (Å²) in [6.07, 6.45) is 0.313. The summed E-state index contributed by atoms with van der Waals surface area (Å²) in [5, 5.41) is 13.3. The quantitative estimate of drug-likeness (QED) is 0.922. The van der Waals surface area contributed by atoms with Crippen LogP contribution in [0.5, 0.6) is 0 Å². The van der Waals surface area contributed by atoms with Crippen LogP contribution in [0.2, 0.25) is 0 Å². The molecule has 22 heavy (non-hydrogen) atoms. The number of benzene rings is 1. The van der Waals surface area contributed by atoms with E-state index in [1.54, 1.807) is 6.92 Å². The maximum atomic E-state index is 13.3. The Morgan fingerprint density at radius 1 is 1.27 bits per heavy atom. The van der Waals surface area contributed by atoms with Gasteiger partial charge in [-0.25, -0.2) is 8.78 Å². The van der Waals surface area contributed by atoms with Crippen molar-refractivity contribution < 1.29 is 18.7 Å². The number of hydrogen-bond donors (Lipinski definition) is 1. The Kier molecular flexibility index (Phi) is 4.59. The van der Waals surface area contributed by atoms with Crippen molar-refractivity contribution in [2.75, 3.05) is 0 Å². The summed E-state index contributed by atoms with van der Waals surface area (Å²) in [7, 11) is 0. The fraction of sp³-hybridized carbons (Fsp3) is 0.375. The minimum atomic E-state index is -0.982. The highest BCUT2D eigenvalue weighted by atomic mass is 19.1. The van der Waals surface area contributed by atoms with Gasteiger partial charge in [0.15, 0.2) is 0 Å². The third-order valence-corrected chi connectivity index (χ3v) is 3.50. The summed E-state index contributed by atoms with van der Waals surface area (Å²) in [4.78, 5) is 10.9. The normalized spacial score (nSPS) is 11.2. The summed E-state index contributed by atoms with van der Waals surface area (Å²) in [6, 6.07) is 3.38. The number of hydrogen-bond acceptors (Lipinski definition) is 2. The Morgan fingerprint density at radius 2 is 1.86 bits per heavy atom. The SMILES string of the molecule is Cc1c(Cc2cc(F)cc(F)c2)c(C(C)C)nn1CC(=O)O. The van der Waals surface area contributed by atoms with E-state index in [4.69, 9.17) is 5.11 Å². The minimum Gasteiger partial charge on any atom is -0.480 e. The van der Waals surface area contributed by atoms with Gasteiger partial charge < -0.3 is 5.11 Å². The van der Waals surface area contributed by atoms with Gasteiger partial charge in [0.25, 0.3) is 0 Å². The molecule has 118 valence electrons. The van der Waals surface area contributed by atoms with Gasteiger partial charge in [0.2, 0.25) is 0 Å². The average Bonchev–Trinajstić information content (AvgIpc) is 2.66. The lowest BCUT2D eigenvalue weighted by molar-refractivity contribution is -0.137. The van der Waals surface area contributed by atoms with Crippen LogP contribution in [0.1, 0.15) is 42.3 Å². The second-order valence-electron chi connectivity index (χ2n) is 5.61. The fourth-order valence-electron chi connectivity index (χ4n) is 2.49. The van der Waals surface area contributed by atoms with E-state index in [-0.39, 0.29) is 12.5 Å². The number of aromatic nitrogens is 2. The molecule has 0 fully saturated rings. The predicted octanol–water partition coefficient (Wildman–Crippen LogP) is 3.27. The number of carbonyl (C=O) groups is 1. The molecule has 0 saturated carbocycles. The Labute approximate surface area is 127 Å². The van der Waals surface area contributed by atoms with Crippen LogP contribution in [0.15, 0.2) is 18.2 Å². The third kappa shape index (κ3) is 3.50. The number of carboxylic acid groups (broad SMARTS) is 1. The van der Waals surface area contributed by atoms with Crippen LogP contribution in [-0.4, -0.2) is 20.9 Å². The molecule has 6 heteroatoms. The van der Waals surface area contributed by atoms with Crippen LogP contribution in [0, 0.1) is 18.6 Å². The molecule has 0 unspecified atom stereocenters. The van der Waals surface area contributed by atoms with E-state index in [1.165, 1.54) is 16.8 Å². The molecule has 0 amide bonds. The van der Waals surface area contributed by atoms with Gasteiger partial charge in [0.1, 0.15) is 18.2 Å². The molecular formula is C16H18F2N2O2. The van der Waals surface area contributed by atoms with E-state index in [0.29, 0.717) is 17.7 Å². The molecule has 1 aromatic carbocycles. The highest BCUT2D eigenvalue weighted by molar-refractivity contribution is 5.66. The molecule has 0 atom stereocenters. The molecule has 0 spiro atoms. The van der Waals surface area contributed by atoms with Crippen molar-refractivity contribution in [3.63, 3.8) is 0 Å². The van der Waals surface area contributed by atoms with Gasteiger partial charge in [0, 0.05) is 23.7 Å². The van der Waals surface area contributed by atoms with Gasteiger partial charge in [-0.1, -0.05) is 13.8 Å². The second-order valence-corrected chi connectivity index (χ2v) is 5.61. The lowest BCUT2D eigenvalue weighted by atomic mass is 9.98. The molecule has 0 aliphatic rings. The molecule has 0 radical (unpaired) electrons. The largest absolute Gasteiger partial charge is 0.480 e. The lowest BCUT2D eigenvalue weighted by Crippen LogP contribution is -2.12. The molecule has 1 aromatic heterocycles. The summed E-state index contributed by atoms with van der Waals surface area (Å²) < 4.78 is 28.1. The van der Waals surface area contributed by atoms with Crippen molar-refractivity contribution in [1.29, 1.82) is 0 Å². The van der Waals surface area contributed by atoms with Crippen LogP contribution < -0.4 is 0 Å². The molecule has 0 bridgehead atoms. The van der Waals surface area contributed by atoms with Crippen molar-refractivity contribution in [3.8, 4) is 0 Å². The average molecular weight is 308 g/mol. The Morgan fingerprint density at radius 3 is 2.36 bits per heavy atom. The first-order valence-corrected chi connectivity index (χ1v) is 7.01. The van der Waals surface area contributed by atoms with Crippen LogP contribution in [-0.2, 0) is 17.8 Å². The van der Waals surface area contributed by atoms with Gasteiger partial charge in [-0.2, -0.15) is 5.10 Å². The minimum absolute atomic E-state index is 0.0853. The van der Waals surface area contributed by atoms with E-state index in [2.05, 4.69) is 5.10 Å². The molecule has 2 rings (SSSR count). The summed E-state index contributed by atoms with van der Waals surface area (Å²) in [5.74, 6) is -2.15. The first-order chi connectivity index (χ1) is 10.3. The van der Waals surface area contributed by atoms with Gasteiger partial charge in [-0.3, -0.25) is 9.48 Å². The van der Waals surface area contributed by atoms with Gasteiger partial charge >= 0.3 is 5.97 Å². The summed E-state index contributed by atoms with van der Waals surface area (Å²) >= 11 is 0. The number of aliphatic carboxylic acids is 1. The lowest BCUT2D eigenvalue weighted by Gasteiger charge is -2.07. The topological polar surface area (TPSA) is 55.1 Å². The van der Waals surface area contributed by atoms with Crippen LogP contribution >= 0.6 is 0 Å². The van der Waals surface area contributed by atoms with Crippen molar-refractivity contribution >= 4 is 5.97 Å². The van der Waals surface area contributed by atoms with Gasteiger partial charge in [-0.05, 0) is 30.5 Å². The Bertz CT molecular complexity index is 688. The maximum absolute atomic E-state index is 13.3. The van der Waals surface area contributed by atoms with Crippen molar-refractivity contribution in [3.05, 3.63) is 52.3 Å². The van der Waals surface area contributed by atoms with E-state index in [9.17, 15) is 13.6 Å². The molecule has 2 aromatic rings. The van der Waals surface area contributed by atoms with Crippen LogP contribution in [0.25, 0.3) is 0 Å². The van der Waals surface area contributed by atoms with Crippen LogP contribution in [0.3, 0.4) is 0 Å². The Hall–Kier alpha value is -2.24. The number of rotatable bonds is 5. The second kappa shape index (κ2) is 6.25. The summed E-state index contributed by atoms with van der Waals surface area (Å²) in [5.41, 5.74) is 2.78. The zero-order valence-corrected chi connectivity index (χ0v) is 12.7. The predicted molar refractivity (Wildman–Crippen MR) is 77.9 cm³/mol. The van der Waals surface area contributed by atoms with Gasteiger partial charge in [-0.15, -0.1) is 0 Å². The first kappa shape index (κ1) is 16.1. The molecule has 0 saturated heterocycles. The molecule has 1 heterocycles. The third-order valence-electron chi connectivity index (χ3n) is 3.50. The smallest absolute Gasteiger partial charge is 0.325 e. The summed E-state index contributed by atoms with van der Waals surface area (Å²) in [6.45, 7) is 5.43. The molecule has 4 nitrogen and oxygen atoms in total. The van der Waals surface area contributed by atoms with E-state index in [1.807, 2.05) is 13.8 Å². The molecule has 1 N–H and O–H groups in total. The van der Waals surface area contributed by atoms with Crippen molar-refractivity contribution in [2.45, 2.75) is 39.7 Å². The number of halogens is 2. The van der Waals surface area contributed by atoms with E-state index in [0.717, 1.165) is 17.3 Å². The maximum Gasteiger partial charge on any atom is 0.325 e. The first-order valence-electron chi connectivity index (χ1n) is 7.01. The molecule has 0 aliphatic carbocycles. The fourth-order valence-corrected chi connectivity index (χ4v) is 2.49. The standard InChI is InChI=1S/C16H18F2N2O2/c1-9(2)16-14(10(3)20(19-16)8-15(21)22)6-11-4-12(17)7-13(18)5-11/h4-5,7,9H,6,8H2,1-3H3,(H,21,22). The monoisotopic (exact) mass is 308 g/mol. The van der Waals surface area contributed by atoms with Gasteiger partial charge in [0.05, 0.1) is 5.69 Å².